The number of sulfonamides is 1. The van der Waals surface area contributed by atoms with Crippen molar-refractivity contribution in [1.29, 1.82) is 0 Å². The first-order valence-electron chi connectivity index (χ1n) is 9.09. The number of hydrogen-bond acceptors (Lipinski definition) is 6. The molecular formula is C19H21FN6O3S. The maximum Gasteiger partial charge on any atom is 0.244 e. The second-order valence-electron chi connectivity index (χ2n) is 6.97. The maximum absolute atomic E-state index is 14.0. The fourth-order valence-corrected chi connectivity index (χ4v) is 4.24. The molecule has 0 aliphatic heterocycles. The number of carbonyl (C=O) groups excluding carboxylic acids is 1. The molecule has 1 atom stereocenters. The van der Waals surface area contributed by atoms with Crippen LogP contribution in [0.2, 0.25) is 0 Å². The van der Waals surface area contributed by atoms with Crippen LogP contribution in [0.5, 0.6) is 0 Å². The molecule has 0 aliphatic carbocycles. The highest BCUT2D eigenvalue weighted by Gasteiger charge is 2.30. The van der Waals surface area contributed by atoms with Crippen molar-refractivity contribution in [2.45, 2.75) is 24.8 Å². The van der Waals surface area contributed by atoms with Crippen molar-refractivity contribution in [2.24, 2.45) is 13.0 Å². The summed E-state index contributed by atoms with van der Waals surface area (Å²) in [5.41, 5.74) is 1.12. The maximum atomic E-state index is 14.0. The number of benzene rings is 2. The molecule has 3 aromatic rings. The SMILES string of the molecule is CC(C)[C@H](NS(=O)(=O)c1ccccc1F)C(=O)Nc1cccc(-c2nnnn2C)c1. The van der Waals surface area contributed by atoms with Gasteiger partial charge in [0.2, 0.25) is 15.9 Å². The van der Waals surface area contributed by atoms with E-state index in [-0.39, 0.29) is 0 Å². The van der Waals surface area contributed by atoms with E-state index in [0.29, 0.717) is 17.1 Å². The summed E-state index contributed by atoms with van der Waals surface area (Å²) >= 11 is 0. The molecule has 1 amide bonds. The molecule has 0 saturated carbocycles. The molecule has 1 aromatic heterocycles. The number of carbonyl (C=O) groups is 1. The van der Waals surface area contributed by atoms with Crippen molar-refractivity contribution in [1.82, 2.24) is 24.9 Å². The van der Waals surface area contributed by atoms with Gasteiger partial charge in [-0.1, -0.05) is 38.1 Å². The van der Waals surface area contributed by atoms with Gasteiger partial charge in [-0.3, -0.25) is 4.79 Å². The molecule has 1 heterocycles. The van der Waals surface area contributed by atoms with E-state index >= 15 is 0 Å². The van der Waals surface area contributed by atoms with Gasteiger partial charge in [0.15, 0.2) is 5.82 Å². The van der Waals surface area contributed by atoms with Crippen LogP contribution >= 0.6 is 0 Å². The second kappa shape index (κ2) is 8.67. The Morgan fingerprint density at radius 1 is 1.13 bits per heavy atom. The molecule has 0 radical (unpaired) electrons. The fourth-order valence-electron chi connectivity index (χ4n) is 2.82. The van der Waals surface area contributed by atoms with Gasteiger partial charge in [-0.05, 0) is 40.6 Å². The summed E-state index contributed by atoms with van der Waals surface area (Å²) in [6.07, 6.45) is 0. The summed E-state index contributed by atoms with van der Waals surface area (Å²) in [6, 6.07) is 10.7. The Morgan fingerprint density at radius 3 is 2.50 bits per heavy atom. The number of halogens is 1. The minimum atomic E-state index is -4.24. The molecule has 158 valence electrons. The predicted molar refractivity (Wildman–Crippen MR) is 108 cm³/mol. The van der Waals surface area contributed by atoms with Crippen LogP contribution in [0.1, 0.15) is 13.8 Å². The zero-order chi connectivity index (χ0) is 21.9. The fraction of sp³-hybridized carbons (Fsp3) is 0.263. The monoisotopic (exact) mass is 432 g/mol. The lowest BCUT2D eigenvalue weighted by Crippen LogP contribution is -2.47. The minimum absolute atomic E-state index is 0.391. The van der Waals surface area contributed by atoms with E-state index in [4.69, 9.17) is 0 Å². The quantitative estimate of drug-likeness (QED) is 0.589. The van der Waals surface area contributed by atoms with Crippen LogP contribution in [0.4, 0.5) is 10.1 Å². The van der Waals surface area contributed by atoms with E-state index in [0.717, 1.165) is 12.1 Å². The summed E-state index contributed by atoms with van der Waals surface area (Å²) < 4.78 is 43.0. The molecule has 3 rings (SSSR count). The summed E-state index contributed by atoms with van der Waals surface area (Å²) in [5, 5.41) is 14.0. The third-order valence-corrected chi connectivity index (χ3v) is 5.84. The molecule has 0 bridgehead atoms. The number of anilines is 1. The molecule has 2 N–H and O–H groups in total. The highest BCUT2D eigenvalue weighted by molar-refractivity contribution is 7.89. The molecular weight excluding hydrogens is 411 g/mol. The van der Waals surface area contributed by atoms with Crippen molar-refractivity contribution < 1.29 is 17.6 Å². The Kier molecular flexibility index (Phi) is 6.22. The van der Waals surface area contributed by atoms with Gasteiger partial charge in [0.25, 0.3) is 0 Å². The molecule has 0 fully saturated rings. The Balaban J connectivity index is 1.82. The Labute approximate surface area is 173 Å². The van der Waals surface area contributed by atoms with Crippen LogP contribution in [0.25, 0.3) is 11.4 Å². The molecule has 9 nitrogen and oxygen atoms in total. The zero-order valence-electron chi connectivity index (χ0n) is 16.6. The first-order valence-corrected chi connectivity index (χ1v) is 10.6. The first-order chi connectivity index (χ1) is 14.2. The molecule has 0 saturated heterocycles. The van der Waals surface area contributed by atoms with Gasteiger partial charge in [0.05, 0.1) is 0 Å². The third-order valence-electron chi connectivity index (χ3n) is 4.37. The van der Waals surface area contributed by atoms with Gasteiger partial charge in [-0.2, -0.15) is 4.72 Å². The summed E-state index contributed by atoms with van der Waals surface area (Å²) in [4.78, 5) is 12.3. The summed E-state index contributed by atoms with van der Waals surface area (Å²) in [7, 11) is -2.55. The Morgan fingerprint density at radius 2 is 1.87 bits per heavy atom. The molecule has 11 heteroatoms. The lowest BCUT2D eigenvalue weighted by Gasteiger charge is -2.22. The topological polar surface area (TPSA) is 119 Å². The van der Waals surface area contributed by atoms with Gasteiger partial charge < -0.3 is 5.32 Å². The smallest absolute Gasteiger partial charge is 0.244 e. The zero-order valence-corrected chi connectivity index (χ0v) is 17.4. The largest absolute Gasteiger partial charge is 0.325 e. The number of aryl methyl sites for hydroxylation is 1. The van der Waals surface area contributed by atoms with E-state index in [9.17, 15) is 17.6 Å². The highest BCUT2D eigenvalue weighted by atomic mass is 32.2. The predicted octanol–water partition coefficient (Wildman–Crippen LogP) is 1.96. The van der Waals surface area contributed by atoms with Crippen molar-refractivity contribution in [3.05, 3.63) is 54.3 Å². The lowest BCUT2D eigenvalue weighted by atomic mass is 10.0. The summed E-state index contributed by atoms with van der Waals surface area (Å²) in [6.45, 7) is 3.38. The van der Waals surface area contributed by atoms with Crippen molar-refractivity contribution in [2.75, 3.05) is 5.32 Å². The number of hydrogen-bond donors (Lipinski definition) is 2. The number of rotatable bonds is 7. The average molecular weight is 432 g/mol. The Hall–Kier alpha value is -3.18. The number of tetrazole rings is 1. The van der Waals surface area contributed by atoms with E-state index in [1.807, 2.05) is 0 Å². The van der Waals surface area contributed by atoms with E-state index in [1.54, 1.807) is 45.2 Å². The van der Waals surface area contributed by atoms with Crippen LogP contribution in [-0.2, 0) is 21.9 Å². The number of aromatic nitrogens is 4. The Bertz CT molecular complexity index is 1160. The van der Waals surface area contributed by atoms with Crippen LogP contribution < -0.4 is 10.0 Å². The van der Waals surface area contributed by atoms with Crippen LogP contribution in [0.15, 0.2) is 53.4 Å². The third kappa shape index (κ3) is 4.69. The van der Waals surface area contributed by atoms with Gasteiger partial charge in [0.1, 0.15) is 16.8 Å². The van der Waals surface area contributed by atoms with Gasteiger partial charge in [0, 0.05) is 18.3 Å². The molecule has 0 spiro atoms. The molecule has 0 unspecified atom stereocenters. The van der Waals surface area contributed by atoms with E-state index in [1.165, 1.54) is 16.8 Å². The van der Waals surface area contributed by atoms with Crippen molar-refractivity contribution in [3.63, 3.8) is 0 Å². The standard InChI is InChI=1S/C19H21FN6O3S/c1-12(2)17(23-30(28,29)16-10-5-4-9-15(16)20)19(27)21-14-8-6-7-13(11-14)18-22-24-25-26(18)3/h4-12,17,23H,1-3H3,(H,21,27)/t17-/m0/s1. The van der Waals surface area contributed by atoms with E-state index < -0.39 is 38.6 Å². The van der Waals surface area contributed by atoms with Crippen LogP contribution in [0, 0.1) is 11.7 Å². The molecule has 30 heavy (non-hydrogen) atoms. The van der Waals surface area contributed by atoms with Gasteiger partial charge in [-0.25, -0.2) is 17.5 Å². The summed E-state index contributed by atoms with van der Waals surface area (Å²) in [5.74, 6) is -1.35. The van der Waals surface area contributed by atoms with Crippen LogP contribution in [-0.4, -0.2) is 40.6 Å². The highest BCUT2D eigenvalue weighted by Crippen LogP contribution is 2.21. The molecule has 0 aliphatic rings. The number of amides is 1. The normalized spacial score (nSPS) is 12.7. The minimum Gasteiger partial charge on any atom is -0.325 e. The number of nitrogens with zero attached hydrogens (tertiary/aromatic N) is 4. The van der Waals surface area contributed by atoms with Gasteiger partial charge in [-0.15, -0.1) is 5.10 Å². The van der Waals surface area contributed by atoms with Gasteiger partial charge >= 0.3 is 0 Å². The number of nitrogens with one attached hydrogen (secondary N) is 2. The lowest BCUT2D eigenvalue weighted by molar-refractivity contribution is -0.118. The average Bonchev–Trinajstić information content (AvgIpc) is 3.12. The van der Waals surface area contributed by atoms with Crippen molar-refractivity contribution in [3.8, 4) is 11.4 Å². The van der Waals surface area contributed by atoms with E-state index in [2.05, 4.69) is 25.6 Å². The second-order valence-corrected chi connectivity index (χ2v) is 8.65. The van der Waals surface area contributed by atoms with Crippen molar-refractivity contribution >= 4 is 21.6 Å². The molecule has 2 aromatic carbocycles. The van der Waals surface area contributed by atoms with Crippen LogP contribution in [0.3, 0.4) is 0 Å². The first kappa shape index (κ1) is 21.5.